The van der Waals surface area contributed by atoms with Gasteiger partial charge in [-0.05, 0) is 82.4 Å². The molecule has 9 nitrogen and oxygen atoms in total. The molecule has 3 amide bonds. The third kappa shape index (κ3) is 4.97. The van der Waals surface area contributed by atoms with Crippen LogP contribution in [0.5, 0.6) is 0 Å². The lowest BCUT2D eigenvalue weighted by Crippen LogP contribution is -2.59. The molecule has 0 spiro atoms. The molecule has 7 atom stereocenters. The van der Waals surface area contributed by atoms with Crippen molar-refractivity contribution in [2.45, 2.75) is 94.7 Å². The molecule has 3 heterocycles. The van der Waals surface area contributed by atoms with Gasteiger partial charge in [0.1, 0.15) is 23.5 Å². The Bertz CT molecular complexity index is 1210. The summed E-state index contributed by atoms with van der Waals surface area (Å²) in [5.41, 5.74) is 0.227. The molecule has 0 radical (unpaired) electrons. The van der Waals surface area contributed by atoms with E-state index in [0.29, 0.717) is 31.2 Å². The molecule has 10 heteroatoms. The number of piperazine rings is 1. The van der Waals surface area contributed by atoms with Crippen molar-refractivity contribution >= 4 is 17.9 Å². The average molecular weight is 538 g/mol. The number of amides is 3. The molecule has 1 aromatic rings. The van der Waals surface area contributed by atoms with Crippen molar-refractivity contribution in [2.75, 3.05) is 13.1 Å². The van der Waals surface area contributed by atoms with Crippen LogP contribution in [0.1, 0.15) is 64.5 Å². The number of piperidine rings is 1. The van der Waals surface area contributed by atoms with Gasteiger partial charge in [-0.25, -0.2) is 9.18 Å². The predicted octanol–water partition coefficient (Wildman–Crippen LogP) is 2.97. The van der Waals surface area contributed by atoms with E-state index in [1.807, 2.05) is 9.80 Å². The summed E-state index contributed by atoms with van der Waals surface area (Å²) in [4.78, 5) is 45.9. The molecule has 3 saturated heterocycles. The highest BCUT2D eigenvalue weighted by Crippen LogP contribution is 2.50. The van der Waals surface area contributed by atoms with Gasteiger partial charge in [0, 0.05) is 25.2 Å². The molecular formula is C29H36FN5O4. The Morgan fingerprint density at radius 2 is 1.90 bits per heavy atom. The van der Waals surface area contributed by atoms with E-state index in [9.17, 15) is 24.0 Å². The minimum atomic E-state index is -0.924. The maximum atomic E-state index is 13.8. The lowest BCUT2D eigenvalue weighted by molar-refractivity contribution is -0.142. The quantitative estimate of drug-likeness (QED) is 0.573. The minimum absolute atomic E-state index is 0.0121. The largest absolute Gasteiger partial charge is 0.444 e. The van der Waals surface area contributed by atoms with E-state index in [2.05, 4.69) is 11.4 Å². The van der Waals surface area contributed by atoms with Crippen LogP contribution in [-0.4, -0.2) is 81.5 Å². The number of fused-ring (bicyclic) bond motifs is 3. The van der Waals surface area contributed by atoms with Gasteiger partial charge in [0.25, 0.3) is 0 Å². The number of nitrogens with one attached hydrogen (secondary N) is 1. The molecule has 5 aliphatic rings. The average Bonchev–Trinajstić information content (AvgIpc) is 3.75. The van der Waals surface area contributed by atoms with Crippen LogP contribution < -0.4 is 5.32 Å². The molecule has 5 fully saturated rings. The first-order valence-electron chi connectivity index (χ1n) is 14.1. The van der Waals surface area contributed by atoms with E-state index in [0.717, 1.165) is 24.8 Å². The van der Waals surface area contributed by atoms with Crippen LogP contribution >= 0.6 is 0 Å². The van der Waals surface area contributed by atoms with Crippen molar-refractivity contribution in [3.8, 4) is 6.07 Å². The fourth-order valence-corrected chi connectivity index (χ4v) is 6.93. The molecule has 0 aromatic heterocycles. The SMILES string of the molecule is CC(C)(C)OC(=O)N[C@@H](CN1C[C@H]2C[C@@H]1C(=O)N2[C@H](c1ccc(F)cc1)C1CC1)C(=O)N1[C@H](C#N)C[C@@H]2C[C@@H]21. The van der Waals surface area contributed by atoms with Gasteiger partial charge in [-0.3, -0.25) is 14.5 Å². The zero-order valence-corrected chi connectivity index (χ0v) is 22.7. The van der Waals surface area contributed by atoms with Crippen LogP contribution in [-0.2, 0) is 14.3 Å². The van der Waals surface area contributed by atoms with Crippen LogP contribution in [0.15, 0.2) is 24.3 Å². The number of carbonyl (C=O) groups is 3. The minimum Gasteiger partial charge on any atom is -0.444 e. The van der Waals surface area contributed by atoms with Gasteiger partial charge in [-0.1, -0.05) is 12.1 Å². The number of halogens is 1. The van der Waals surface area contributed by atoms with Gasteiger partial charge in [-0.15, -0.1) is 0 Å². The molecule has 3 aliphatic heterocycles. The number of likely N-dealkylation sites (tertiary alicyclic amines) is 3. The van der Waals surface area contributed by atoms with Crippen molar-refractivity contribution < 1.29 is 23.5 Å². The lowest BCUT2D eigenvalue weighted by Gasteiger charge is -2.40. The number of alkyl carbamates (subject to hydrolysis) is 1. The monoisotopic (exact) mass is 537 g/mol. The van der Waals surface area contributed by atoms with Gasteiger partial charge in [0.2, 0.25) is 11.8 Å². The van der Waals surface area contributed by atoms with E-state index >= 15 is 0 Å². The first-order chi connectivity index (χ1) is 18.5. The highest BCUT2D eigenvalue weighted by Gasteiger charge is 2.57. The first-order valence-corrected chi connectivity index (χ1v) is 14.1. The third-order valence-electron chi connectivity index (χ3n) is 8.81. The second kappa shape index (κ2) is 9.47. The normalized spacial score (nSPS) is 31.1. The van der Waals surface area contributed by atoms with Gasteiger partial charge in [-0.2, -0.15) is 5.26 Å². The molecular weight excluding hydrogens is 501 g/mol. The first kappa shape index (κ1) is 26.1. The number of hydrogen-bond donors (Lipinski definition) is 1. The smallest absolute Gasteiger partial charge is 0.408 e. The summed E-state index contributed by atoms with van der Waals surface area (Å²) in [7, 11) is 0. The second-order valence-electron chi connectivity index (χ2n) is 12.8. The Hall–Kier alpha value is -3.19. The Labute approximate surface area is 228 Å². The third-order valence-corrected chi connectivity index (χ3v) is 8.81. The summed E-state index contributed by atoms with van der Waals surface area (Å²) in [6.07, 6.45) is 3.61. The van der Waals surface area contributed by atoms with Crippen molar-refractivity contribution in [1.29, 1.82) is 5.26 Å². The van der Waals surface area contributed by atoms with Gasteiger partial charge in [0.05, 0.1) is 18.2 Å². The lowest BCUT2D eigenvalue weighted by atomic mass is 9.99. The zero-order chi connectivity index (χ0) is 27.6. The summed E-state index contributed by atoms with van der Waals surface area (Å²) in [6.45, 7) is 6.04. The number of hydrogen-bond acceptors (Lipinski definition) is 6. The number of nitriles is 1. The summed E-state index contributed by atoms with van der Waals surface area (Å²) < 4.78 is 19.1. The van der Waals surface area contributed by atoms with E-state index in [1.165, 1.54) is 12.1 Å². The van der Waals surface area contributed by atoms with Crippen LogP contribution in [0.2, 0.25) is 0 Å². The van der Waals surface area contributed by atoms with Crippen molar-refractivity contribution in [3.05, 3.63) is 35.6 Å². The molecule has 1 N–H and O–H groups in total. The maximum Gasteiger partial charge on any atom is 0.408 e. The van der Waals surface area contributed by atoms with Crippen LogP contribution in [0.4, 0.5) is 9.18 Å². The topological polar surface area (TPSA) is 106 Å². The number of rotatable bonds is 7. The van der Waals surface area contributed by atoms with E-state index in [1.54, 1.807) is 37.8 Å². The van der Waals surface area contributed by atoms with Crippen LogP contribution in [0.25, 0.3) is 0 Å². The second-order valence-corrected chi connectivity index (χ2v) is 12.8. The van der Waals surface area contributed by atoms with Gasteiger partial charge < -0.3 is 19.9 Å². The highest BCUT2D eigenvalue weighted by molar-refractivity contribution is 5.89. The van der Waals surface area contributed by atoms with Crippen molar-refractivity contribution in [3.63, 3.8) is 0 Å². The van der Waals surface area contributed by atoms with Crippen molar-refractivity contribution in [2.24, 2.45) is 11.8 Å². The zero-order valence-electron chi connectivity index (χ0n) is 22.7. The van der Waals surface area contributed by atoms with Gasteiger partial charge in [0.15, 0.2) is 0 Å². The number of benzene rings is 1. The summed E-state index contributed by atoms with van der Waals surface area (Å²) >= 11 is 0. The summed E-state index contributed by atoms with van der Waals surface area (Å²) in [5.74, 6) is 0.168. The maximum absolute atomic E-state index is 13.8. The molecule has 2 saturated carbocycles. The van der Waals surface area contributed by atoms with Crippen LogP contribution in [0.3, 0.4) is 0 Å². The summed E-state index contributed by atoms with van der Waals surface area (Å²) in [6, 6.07) is 6.87. The molecule has 6 rings (SSSR count). The molecule has 0 unspecified atom stereocenters. The molecule has 2 bridgehead atoms. The Balaban J connectivity index is 1.19. The fraction of sp³-hybridized carbons (Fsp3) is 0.655. The van der Waals surface area contributed by atoms with E-state index < -0.39 is 23.8 Å². The van der Waals surface area contributed by atoms with Crippen molar-refractivity contribution in [1.82, 2.24) is 20.0 Å². The number of carbonyl (C=O) groups excluding carboxylic acids is 3. The van der Waals surface area contributed by atoms with Crippen LogP contribution in [0, 0.1) is 29.0 Å². The molecule has 208 valence electrons. The summed E-state index contributed by atoms with van der Waals surface area (Å²) in [5, 5.41) is 12.4. The Morgan fingerprint density at radius 1 is 1.18 bits per heavy atom. The van der Waals surface area contributed by atoms with Gasteiger partial charge >= 0.3 is 6.09 Å². The fourth-order valence-electron chi connectivity index (χ4n) is 6.93. The van der Waals surface area contributed by atoms with E-state index in [4.69, 9.17) is 4.74 Å². The number of ether oxygens (including phenoxy) is 1. The predicted molar refractivity (Wildman–Crippen MR) is 138 cm³/mol. The highest BCUT2D eigenvalue weighted by atomic mass is 19.1. The number of nitrogens with zero attached hydrogens (tertiary/aromatic N) is 4. The molecule has 39 heavy (non-hydrogen) atoms. The Morgan fingerprint density at radius 3 is 2.51 bits per heavy atom. The molecule has 1 aromatic carbocycles. The van der Waals surface area contributed by atoms with E-state index in [-0.39, 0.29) is 48.3 Å². The Kier molecular flexibility index (Phi) is 6.33. The standard InChI is InChI=1S/C29H36FN5O4/c1-29(2,3)39-28(38)32-22(26(36)34-20(13-31)10-18-11-23(18)34)15-33-14-21-12-24(33)27(37)35(21)25(16-4-5-16)17-6-8-19(30)9-7-17/h6-9,16,18,20-25H,4-5,10-12,14-15H2,1-3H3,(H,32,38)/t18-,20+,21-,22+,23+,24-,25+/m1/s1. The molecule has 2 aliphatic carbocycles.